The zero-order valence-corrected chi connectivity index (χ0v) is 24.1. The van der Waals surface area contributed by atoms with Gasteiger partial charge in [0, 0.05) is 26.2 Å². The number of halogens is 2. The Morgan fingerprint density at radius 1 is 0.500 bits per heavy atom. The number of rotatable bonds is 8. The quantitative estimate of drug-likeness (QED) is 0.231. The summed E-state index contributed by atoms with van der Waals surface area (Å²) in [5, 5.41) is 0.877. The van der Waals surface area contributed by atoms with E-state index in [1.54, 1.807) is 72.8 Å². The van der Waals surface area contributed by atoms with Crippen molar-refractivity contribution in [3.8, 4) is 23.0 Å². The van der Waals surface area contributed by atoms with Gasteiger partial charge in [-0.1, -0.05) is 47.5 Å². The molecule has 1 aliphatic heterocycles. The first-order valence-corrected chi connectivity index (χ1v) is 15.8. The summed E-state index contributed by atoms with van der Waals surface area (Å²) in [6, 6.07) is 26.0. The fourth-order valence-electron chi connectivity index (χ4n) is 4.12. The Morgan fingerprint density at radius 2 is 0.825 bits per heavy atom. The van der Waals surface area contributed by atoms with Crippen LogP contribution in [-0.4, -0.2) is 51.6 Å². The molecule has 0 saturated carbocycles. The third kappa shape index (κ3) is 6.12. The number of sulfonamides is 2. The van der Waals surface area contributed by atoms with Gasteiger partial charge in [-0.15, -0.1) is 0 Å². The predicted octanol–water partition coefficient (Wildman–Crippen LogP) is 6.27. The highest BCUT2D eigenvalue weighted by Gasteiger charge is 2.33. The van der Waals surface area contributed by atoms with E-state index in [4.69, 9.17) is 32.7 Å². The second-order valence-corrected chi connectivity index (χ2v) is 13.5. The molecule has 0 atom stereocenters. The van der Waals surface area contributed by atoms with Gasteiger partial charge >= 0.3 is 0 Å². The molecule has 4 aromatic rings. The third-order valence-electron chi connectivity index (χ3n) is 6.25. The van der Waals surface area contributed by atoms with Crippen molar-refractivity contribution in [2.45, 2.75) is 9.79 Å². The molecule has 0 N–H and O–H groups in total. The number of hydrogen-bond acceptors (Lipinski definition) is 6. The van der Waals surface area contributed by atoms with Gasteiger partial charge in [-0.05, 0) is 72.8 Å². The standard InChI is InChI=1S/C28H24Cl2N2O6S2/c29-25-5-1-3-7-27(25)37-21-9-13-23(14-10-21)39(33,34)31-17-19-32(20-18-31)40(35,36)24-15-11-22(12-16-24)38-28-8-4-2-6-26(28)30/h1-16H,17-20H2. The van der Waals surface area contributed by atoms with Crippen LogP contribution < -0.4 is 9.47 Å². The van der Waals surface area contributed by atoms with Gasteiger partial charge in [0.2, 0.25) is 20.0 Å². The Kier molecular flexibility index (Phi) is 8.37. The van der Waals surface area contributed by atoms with Gasteiger partial charge in [0.1, 0.15) is 23.0 Å². The first-order valence-electron chi connectivity index (χ1n) is 12.2. The van der Waals surface area contributed by atoms with Crippen molar-refractivity contribution in [3.63, 3.8) is 0 Å². The average molecular weight is 620 g/mol. The van der Waals surface area contributed by atoms with E-state index in [-0.39, 0.29) is 36.0 Å². The lowest BCUT2D eigenvalue weighted by atomic mass is 10.3. The first-order chi connectivity index (χ1) is 19.1. The van der Waals surface area contributed by atoms with Crippen molar-refractivity contribution in [2.24, 2.45) is 0 Å². The predicted molar refractivity (Wildman–Crippen MR) is 153 cm³/mol. The molecule has 0 aliphatic carbocycles. The number of para-hydroxylation sites is 2. The highest BCUT2D eigenvalue weighted by molar-refractivity contribution is 7.89. The van der Waals surface area contributed by atoms with Crippen LogP contribution in [0.1, 0.15) is 0 Å². The maximum absolute atomic E-state index is 13.2. The highest BCUT2D eigenvalue weighted by Crippen LogP contribution is 2.31. The SMILES string of the molecule is O=S(=O)(c1ccc(Oc2ccccc2Cl)cc1)N1CCN(S(=O)(=O)c2ccc(Oc3ccccc3Cl)cc2)CC1. The van der Waals surface area contributed by atoms with Crippen LogP contribution in [0, 0.1) is 0 Å². The Balaban J connectivity index is 1.21. The zero-order chi connectivity index (χ0) is 28.3. The molecular weight excluding hydrogens is 595 g/mol. The van der Waals surface area contributed by atoms with Crippen molar-refractivity contribution in [2.75, 3.05) is 26.2 Å². The number of ether oxygens (including phenoxy) is 2. The van der Waals surface area contributed by atoms with E-state index in [2.05, 4.69) is 0 Å². The number of hydrogen-bond donors (Lipinski definition) is 0. The maximum atomic E-state index is 13.2. The van der Waals surface area contributed by atoms with Crippen molar-refractivity contribution in [3.05, 3.63) is 107 Å². The minimum absolute atomic E-state index is 0.0210. The van der Waals surface area contributed by atoms with Crippen molar-refractivity contribution < 1.29 is 26.3 Å². The Bertz CT molecular complexity index is 1580. The molecule has 1 saturated heterocycles. The van der Waals surface area contributed by atoms with E-state index in [0.717, 1.165) is 0 Å². The van der Waals surface area contributed by atoms with Gasteiger partial charge < -0.3 is 9.47 Å². The van der Waals surface area contributed by atoms with Crippen LogP contribution >= 0.6 is 23.2 Å². The summed E-state index contributed by atoms with van der Waals surface area (Å²) in [6.45, 7) is 0.0839. The molecule has 208 valence electrons. The molecule has 0 aromatic heterocycles. The molecule has 40 heavy (non-hydrogen) atoms. The Hall–Kier alpha value is -3.12. The van der Waals surface area contributed by atoms with Gasteiger partial charge in [-0.2, -0.15) is 8.61 Å². The lowest BCUT2D eigenvalue weighted by Gasteiger charge is -2.33. The molecule has 5 rings (SSSR count). The smallest absolute Gasteiger partial charge is 0.243 e. The summed E-state index contributed by atoms with van der Waals surface area (Å²) in [5.41, 5.74) is 0. The first kappa shape index (κ1) is 28.4. The van der Waals surface area contributed by atoms with Crippen molar-refractivity contribution in [1.82, 2.24) is 8.61 Å². The summed E-state index contributed by atoms with van der Waals surface area (Å²) < 4.78 is 66.9. The highest BCUT2D eigenvalue weighted by atomic mass is 35.5. The van der Waals surface area contributed by atoms with Crippen molar-refractivity contribution in [1.29, 1.82) is 0 Å². The van der Waals surface area contributed by atoms with Gasteiger partial charge in [0.15, 0.2) is 0 Å². The molecule has 0 unspecified atom stereocenters. The minimum atomic E-state index is -3.83. The molecule has 0 bridgehead atoms. The molecule has 1 aliphatic rings. The second-order valence-electron chi connectivity index (χ2n) is 8.82. The lowest BCUT2D eigenvalue weighted by molar-refractivity contribution is 0.273. The summed E-state index contributed by atoms with van der Waals surface area (Å²) >= 11 is 12.2. The van der Waals surface area contributed by atoms with Crippen LogP contribution in [0.4, 0.5) is 0 Å². The summed E-state index contributed by atoms with van der Waals surface area (Å²) in [7, 11) is -7.66. The molecule has 1 fully saturated rings. The molecule has 4 aromatic carbocycles. The second kappa shape index (κ2) is 11.8. The third-order valence-corrected chi connectivity index (χ3v) is 10.7. The van der Waals surface area contributed by atoms with Crippen LogP contribution in [0.15, 0.2) is 107 Å². The molecule has 12 heteroatoms. The number of nitrogens with zero attached hydrogens (tertiary/aromatic N) is 2. The topological polar surface area (TPSA) is 93.2 Å². The molecule has 0 amide bonds. The van der Waals surface area contributed by atoms with E-state index in [1.165, 1.54) is 32.9 Å². The summed E-state index contributed by atoms with van der Waals surface area (Å²) in [6.07, 6.45) is 0. The fraction of sp³-hybridized carbons (Fsp3) is 0.143. The minimum Gasteiger partial charge on any atom is -0.456 e. The normalized spacial score (nSPS) is 15.1. The lowest BCUT2D eigenvalue weighted by Crippen LogP contribution is -2.50. The summed E-state index contributed by atoms with van der Waals surface area (Å²) in [5.74, 6) is 1.79. The van der Waals surface area contributed by atoms with E-state index < -0.39 is 20.0 Å². The van der Waals surface area contributed by atoms with Crippen LogP contribution in [0.3, 0.4) is 0 Å². The molecule has 1 heterocycles. The Labute approximate surface area is 243 Å². The number of piperazine rings is 1. The zero-order valence-electron chi connectivity index (χ0n) is 21.0. The monoisotopic (exact) mass is 618 g/mol. The van der Waals surface area contributed by atoms with Crippen LogP contribution in [-0.2, 0) is 20.0 Å². The van der Waals surface area contributed by atoms with Crippen LogP contribution in [0.25, 0.3) is 0 Å². The maximum Gasteiger partial charge on any atom is 0.243 e. The van der Waals surface area contributed by atoms with Gasteiger partial charge in [0.05, 0.1) is 19.8 Å². The molecule has 0 radical (unpaired) electrons. The molecule has 0 spiro atoms. The fourth-order valence-corrected chi connectivity index (χ4v) is 7.31. The van der Waals surface area contributed by atoms with E-state index in [1.807, 2.05) is 0 Å². The molecule has 8 nitrogen and oxygen atoms in total. The Morgan fingerprint density at radius 3 is 1.15 bits per heavy atom. The van der Waals surface area contributed by atoms with Gasteiger partial charge in [-0.25, -0.2) is 16.8 Å². The van der Waals surface area contributed by atoms with Crippen LogP contribution in [0.2, 0.25) is 10.0 Å². The largest absolute Gasteiger partial charge is 0.456 e. The van der Waals surface area contributed by atoms with E-state index >= 15 is 0 Å². The van der Waals surface area contributed by atoms with Crippen molar-refractivity contribution >= 4 is 43.2 Å². The average Bonchev–Trinajstić information content (AvgIpc) is 2.96. The van der Waals surface area contributed by atoms with Gasteiger partial charge in [0.25, 0.3) is 0 Å². The van der Waals surface area contributed by atoms with E-state index in [9.17, 15) is 16.8 Å². The summed E-state index contributed by atoms with van der Waals surface area (Å²) in [4.78, 5) is 0.175. The molecular formula is C28H24Cl2N2O6S2. The van der Waals surface area contributed by atoms with Crippen LogP contribution in [0.5, 0.6) is 23.0 Å². The van der Waals surface area contributed by atoms with Gasteiger partial charge in [-0.3, -0.25) is 0 Å². The van der Waals surface area contributed by atoms with E-state index in [0.29, 0.717) is 33.0 Å². The number of benzene rings is 4.